The molecule has 0 radical (unpaired) electrons. The molecule has 0 fully saturated rings. The number of carbonyl (C=O) groups excluding carboxylic acids is 1. The molecule has 0 aliphatic rings. The first-order chi connectivity index (χ1) is 7.24. The lowest BCUT2D eigenvalue weighted by molar-refractivity contribution is -0.122. The molecule has 0 aromatic rings. The fourth-order valence-corrected chi connectivity index (χ4v) is 1.49. The van der Waals surface area contributed by atoms with Gasteiger partial charge < -0.3 is 5.32 Å². The van der Waals surface area contributed by atoms with Crippen LogP contribution in [0, 0.1) is 0 Å². The normalized spacial score (nSPS) is 10.7. The molecule has 3 heteroatoms. The number of hydrogen-bond acceptors (Lipinski definition) is 2. The molecule has 0 rings (SSSR count). The molecule has 0 aliphatic heterocycles. The van der Waals surface area contributed by atoms with Gasteiger partial charge in [-0.2, -0.15) is 0 Å². The molecule has 0 aromatic heterocycles. The second kappa shape index (κ2) is 9.97. The van der Waals surface area contributed by atoms with Crippen molar-refractivity contribution in [3.8, 4) is 0 Å². The molecule has 1 N–H and O–H groups in total. The SMILES string of the molecule is CCCCCCNC(=O)CN(CC)CC. The minimum atomic E-state index is 0.162. The van der Waals surface area contributed by atoms with E-state index >= 15 is 0 Å². The Kier molecular flexibility index (Phi) is 9.59. The van der Waals surface area contributed by atoms with Crippen molar-refractivity contribution in [3.63, 3.8) is 0 Å². The molecule has 0 saturated carbocycles. The van der Waals surface area contributed by atoms with Crippen LogP contribution in [0.4, 0.5) is 0 Å². The van der Waals surface area contributed by atoms with Crippen LogP contribution in [-0.4, -0.2) is 37.0 Å². The maximum absolute atomic E-state index is 11.5. The Morgan fingerprint density at radius 2 is 1.73 bits per heavy atom. The molecule has 1 amide bonds. The predicted molar refractivity (Wildman–Crippen MR) is 64.9 cm³/mol. The van der Waals surface area contributed by atoms with E-state index in [0.29, 0.717) is 6.54 Å². The van der Waals surface area contributed by atoms with Crippen LogP contribution in [0.25, 0.3) is 0 Å². The lowest BCUT2D eigenvalue weighted by atomic mass is 10.2. The zero-order valence-electron chi connectivity index (χ0n) is 10.5. The summed E-state index contributed by atoms with van der Waals surface area (Å²) in [6, 6.07) is 0. The van der Waals surface area contributed by atoms with Crippen LogP contribution in [0.5, 0.6) is 0 Å². The summed E-state index contributed by atoms with van der Waals surface area (Å²) in [7, 11) is 0. The number of amides is 1. The van der Waals surface area contributed by atoms with Crippen LogP contribution in [0.1, 0.15) is 46.5 Å². The molecule has 0 unspecified atom stereocenters. The van der Waals surface area contributed by atoms with Crippen molar-refractivity contribution < 1.29 is 4.79 Å². The van der Waals surface area contributed by atoms with Gasteiger partial charge in [-0.05, 0) is 19.5 Å². The largest absolute Gasteiger partial charge is 0.355 e. The fourth-order valence-electron chi connectivity index (χ4n) is 1.49. The fraction of sp³-hybridized carbons (Fsp3) is 0.917. The lowest BCUT2D eigenvalue weighted by Gasteiger charge is -2.17. The number of rotatable bonds is 9. The average Bonchev–Trinajstić information content (AvgIpc) is 2.25. The van der Waals surface area contributed by atoms with Crippen LogP contribution in [0.3, 0.4) is 0 Å². The van der Waals surface area contributed by atoms with Crippen molar-refractivity contribution >= 4 is 5.91 Å². The molecule has 0 bridgehead atoms. The first-order valence-corrected chi connectivity index (χ1v) is 6.23. The van der Waals surface area contributed by atoms with Gasteiger partial charge in [0.25, 0.3) is 0 Å². The summed E-state index contributed by atoms with van der Waals surface area (Å²) in [5.74, 6) is 0.162. The van der Waals surface area contributed by atoms with Gasteiger partial charge >= 0.3 is 0 Å². The smallest absolute Gasteiger partial charge is 0.234 e. The van der Waals surface area contributed by atoms with E-state index in [1.807, 2.05) is 0 Å². The Bertz CT molecular complexity index is 156. The van der Waals surface area contributed by atoms with Gasteiger partial charge in [-0.1, -0.05) is 40.0 Å². The highest BCUT2D eigenvalue weighted by molar-refractivity contribution is 5.77. The van der Waals surface area contributed by atoms with E-state index in [-0.39, 0.29) is 5.91 Å². The molecule has 90 valence electrons. The monoisotopic (exact) mass is 214 g/mol. The van der Waals surface area contributed by atoms with E-state index in [0.717, 1.165) is 26.1 Å². The summed E-state index contributed by atoms with van der Waals surface area (Å²) in [5, 5.41) is 2.96. The zero-order chi connectivity index (χ0) is 11.5. The van der Waals surface area contributed by atoms with E-state index in [2.05, 4.69) is 31.0 Å². The maximum Gasteiger partial charge on any atom is 0.234 e. The third-order valence-corrected chi connectivity index (χ3v) is 2.61. The van der Waals surface area contributed by atoms with Crippen molar-refractivity contribution in [3.05, 3.63) is 0 Å². The number of carbonyl (C=O) groups is 1. The Balaban J connectivity index is 3.40. The second-order valence-corrected chi connectivity index (χ2v) is 3.87. The molecule has 0 aliphatic carbocycles. The molecule has 0 atom stereocenters. The Morgan fingerprint density at radius 3 is 2.27 bits per heavy atom. The standard InChI is InChI=1S/C12H26N2O/c1-4-7-8-9-10-13-12(15)11-14(5-2)6-3/h4-11H2,1-3H3,(H,13,15). The molecule has 0 saturated heterocycles. The highest BCUT2D eigenvalue weighted by Crippen LogP contribution is 1.97. The van der Waals surface area contributed by atoms with E-state index in [9.17, 15) is 4.79 Å². The van der Waals surface area contributed by atoms with Gasteiger partial charge in [0.15, 0.2) is 0 Å². The summed E-state index contributed by atoms with van der Waals surface area (Å²) in [6.07, 6.45) is 4.85. The average molecular weight is 214 g/mol. The predicted octanol–water partition coefficient (Wildman–Crippen LogP) is 2.02. The van der Waals surface area contributed by atoms with Crippen molar-refractivity contribution in [2.24, 2.45) is 0 Å². The Hall–Kier alpha value is -0.570. The highest BCUT2D eigenvalue weighted by atomic mass is 16.2. The summed E-state index contributed by atoms with van der Waals surface area (Å²) in [5.41, 5.74) is 0. The third kappa shape index (κ3) is 8.43. The summed E-state index contributed by atoms with van der Waals surface area (Å²) in [6.45, 7) is 9.62. The van der Waals surface area contributed by atoms with Gasteiger partial charge in [-0.3, -0.25) is 9.69 Å². The maximum atomic E-state index is 11.5. The Morgan fingerprint density at radius 1 is 1.07 bits per heavy atom. The highest BCUT2D eigenvalue weighted by Gasteiger charge is 2.05. The molecule has 0 spiro atoms. The summed E-state index contributed by atoms with van der Waals surface area (Å²) in [4.78, 5) is 13.6. The third-order valence-electron chi connectivity index (χ3n) is 2.61. The van der Waals surface area contributed by atoms with Gasteiger partial charge in [0.05, 0.1) is 6.54 Å². The molecular formula is C12H26N2O. The molecule has 0 heterocycles. The summed E-state index contributed by atoms with van der Waals surface area (Å²) < 4.78 is 0. The Labute approximate surface area is 94.2 Å². The minimum absolute atomic E-state index is 0.162. The van der Waals surface area contributed by atoms with Gasteiger partial charge in [0, 0.05) is 6.54 Å². The van der Waals surface area contributed by atoms with Crippen molar-refractivity contribution in [2.45, 2.75) is 46.5 Å². The molecule has 0 aromatic carbocycles. The van der Waals surface area contributed by atoms with Crippen molar-refractivity contribution in [1.82, 2.24) is 10.2 Å². The van der Waals surface area contributed by atoms with Crippen LogP contribution < -0.4 is 5.32 Å². The topological polar surface area (TPSA) is 32.3 Å². The van der Waals surface area contributed by atoms with Crippen molar-refractivity contribution in [2.75, 3.05) is 26.2 Å². The lowest BCUT2D eigenvalue weighted by Crippen LogP contribution is -2.37. The van der Waals surface area contributed by atoms with E-state index < -0.39 is 0 Å². The minimum Gasteiger partial charge on any atom is -0.355 e. The van der Waals surface area contributed by atoms with Crippen LogP contribution in [0.2, 0.25) is 0 Å². The first kappa shape index (κ1) is 14.4. The van der Waals surface area contributed by atoms with Crippen LogP contribution >= 0.6 is 0 Å². The van der Waals surface area contributed by atoms with Crippen LogP contribution in [-0.2, 0) is 4.79 Å². The first-order valence-electron chi connectivity index (χ1n) is 6.23. The number of hydrogen-bond donors (Lipinski definition) is 1. The molecular weight excluding hydrogens is 188 g/mol. The van der Waals surface area contributed by atoms with E-state index in [4.69, 9.17) is 0 Å². The number of likely N-dealkylation sites (N-methyl/N-ethyl adjacent to an activating group) is 1. The van der Waals surface area contributed by atoms with E-state index in [1.165, 1.54) is 19.3 Å². The second-order valence-electron chi connectivity index (χ2n) is 3.87. The molecule has 3 nitrogen and oxygen atoms in total. The van der Waals surface area contributed by atoms with Gasteiger partial charge in [-0.15, -0.1) is 0 Å². The van der Waals surface area contributed by atoms with Gasteiger partial charge in [0.2, 0.25) is 5.91 Å². The van der Waals surface area contributed by atoms with Gasteiger partial charge in [0.1, 0.15) is 0 Å². The zero-order valence-corrected chi connectivity index (χ0v) is 10.5. The van der Waals surface area contributed by atoms with Crippen molar-refractivity contribution in [1.29, 1.82) is 0 Å². The van der Waals surface area contributed by atoms with E-state index in [1.54, 1.807) is 0 Å². The van der Waals surface area contributed by atoms with Gasteiger partial charge in [-0.25, -0.2) is 0 Å². The summed E-state index contributed by atoms with van der Waals surface area (Å²) >= 11 is 0. The number of unbranched alkanes of at least 4 members (excludes halogenated alkanes) is 3. The van der Waals surface area contributed by atoms with Crippen LogP contribution in [0.15, 0.2) is 0 Å². The molecule has 15 heavy (non-hydrogen) atoms. The number of nitrogens with one attached hydrogen (secondary N) is 1. The quantitative estimate of drug-likeness (QED) is 0.596. The number of nitrogens with zero attached hydrogens (tertiary/aromatic N) is 1.